The van der Waals surface area contributed by atoms with Gasteiger partial charge in [-0.15, -0.1) is 0 Å². The molecule has 0 bridgehead atoms. The van der Waals surface area contributed by atoms with Crippen LogP contribution in [-0.4, -0.2) is 56.9 Å². The van der Waals surface area contributed by atoms with Gasteiger partial charge in [0.1, 0.15) is 6.04 Å². The molecule has 4 rings (SSSR count). The summed E-state index contributed by atoms with van der Waals surface area (Å²) in [5, 5.41) is 18.0. The third-order valence-electron chi connectivity index (χ3n) is 8.33. The molecule has 2 atom stereocenters. The van der Waals surface area contributed by atoms with E-state index in [2.05, 4.69) is 10.4 Å². The number of benzene rings is 2. The van der Waals surface area contributed by atoms with Gasteiger partial charge in [0, 0.05) is 36.8 Å². The van der Waals surface area contributed by atoms with Crippen molar-refractivity contribution in [2.24, 2.45) is 13.0 Å². The van der Waals surface area contributed by atoms with E-state index in [1.165, 1.54) is 0 Å². The molecule has 2 aromatic heterocycles. The van der Waals surface area contributed by atoms with Crippen molar-refractivity contribution in [1.29, 1.82) is 0 Å². The Kier molecular flexibility index (Phi) is 10.6. The normalized spacial score (nSPS) is 13.4. The molecule has 0 unspecified atom stereocenters. The highest BCUT2D eigenvalue weighted by molar-refractivity contribution is 5.90. The molecule has 1 amide bonds. The van der Waals surface area contributed by atoms with Crippen molar-refractivity contribution in [3.05, 3.63) is 87.0 Å². The monoisotopic (exact) mass is 653 g/mol. The lowest BCUT2D eigenvalue weighted by Gasteiger charge is -2.27. The number of fused-ring (bicyclic) bond motifs is 1. The summed E-state index contributed by atoms with van der Waals surface area (Å²) in [6.07, 6.45) is -2.29. The first-order valence-electron chi connectivity index (χ1n) is 15.5. The van der Waals surface area contributed by atoms with E-state index in [9.17, 15) is 32.7 Å². The van der Waals surface area contributed by atoms with Gasteiger partial charge in [0.25, 0.3) is 5.56 Å². The van der Waals surface area contributed by atoms with Crippen LogP contribution in [0.4, 0.5) is 13.2 Å². The summed E-state index contributed by atoms with van der Waals surface area (Å²) in [5.74, 6) is -1.96. The Hall–Kier alpha value is -4.45. The van der Waals surface area contributed by atoms with Crippen LogP contribution in [-0.2, 0) is 29.2 Å². The van der Waals surface area contributed by atoms with E-state index in [1.807, 2.05) is 58.0 Å². The molecule has 252 valence electrons. The second-order valence-electron chi connectivity index (χ2n) is 12.9. The van der Waals surface area contributed by atoms with Crippen molar-refractivity contribution in [3.8, 4) is 11.1 Å². The van der Waals surface area contributed by atoms with E-state index < -0.39 is 47.7 Å². The van der Waals surface area contributed by atoms with Gasteiger partial charge >= 0.3 is 12.1 Å². The summed E-state index contributed by atoms with van der Waals surface area (Å²) >= 11 is 0. The molecule has 0 fully saturated rings. The summed E-state index contributed by atoms with van der Waals surface area (Å²) < 4.78 is 44.6. The molecule has 2 aromatic carbocycles. The number of carboxylic acid groups (broad SMARTS) is 1. The lowest BCUT2D eigenvalue weighted by atomic mass is 9.90. The number of aliphatic carboxylic acids is 1. The fourth-order valence-corrected chi connectivity index (χ4v) is 6.16. The molecule has 9 nitrogen and oxygen atoms in total. The van der Waals surface area contributed by atoms with Gasteiger partial charge in [-0.05, 0) is 86.7 Å². The molecule has 2 N–H and O–H groups in total. The number of aryl methyl sites for hydroxylation is 3. The fourth-order valence-electron chi connectivity index (χ4n) is 6.16. The van der Waals surface area contributed by atoms with Gasteiger partial charge in [0.15, 0.2) is 0 Å². The van der Waals surface area contributed by atoms with Gasteiger partial charge in [-0.3, -0.25) is 19.1 Å². The third-order valence-corrected chi connectivity index (χ3v) is 8.33. The van der Waals surface area contributed by atoms with E-state index >= 15 is 0 Å². The van der Waals surface area contributed by atoms with Gasteiger partial charge in [-0.2, -0.15) is 18.3 Å². The van der Waals surface area contributed by atoms with Crippen molar-refractivity contribution < 1.29 is 27.9 Å². The average molecular weight is 654 g/mol. The highest BCUT2D eigenvalue weighted by Gasteiger charge is 2.36. The Bertz CT molecular complexity index is 1820. The number of hydrogen-bond donors (Lipinski definition) is 2. The van der Waals surface area contributed by atoms with Crippen LogP contribution in [0.3, 0.4) is 0 Å². The van der Waals surface area contributed by atoms with E-state index in [0.29, 0.717) is 23.7 Å². The van der Waals surface area contributed by atoms with Crippen LogP contribution < -0.4 is 10.9 Å². The first-order valence-corrected chi connectivity index (χ1v) is 15.5. The van der Waals surface area contributed by atoms with Crippen LogP contribution in [0.2, 0.25) is 0 Å². The molecule has 0 aliphatic heterocycles. The molecule has 0 spiro atoms. The summed E-state index contributed by atoms with van der Waals surface area (Å²) in [4.78, 5) is 41.4. The van der Waals surface area contributed by atoms with Crippen molar-refractivity contribution in [2.45, 2.75) is 65.2 Å². The minimum absolute atomic E-state index is 0.00334. The number of aromatic nitrogens is 3. The Morgan fingerprint density at radius 3 is 2.32 bits per heavy atom. The third kappa shape index (κ3) is 8.10. The minimum Gasteiger partial charge on any atom is -0.481 e. The lowest BCUT2D eigenvalue weighted by molar-refractivity contribution is -0.139. The van der Waals surface area contributed by atoms with Gasteiger partial charge in [0.2, 0.25) is 5.91 Å². The largest absolute Gasteiger partial charge is 0.481 e. The predicted molar refractivity (Wildman–Crippen MR) is 175 cm³/mol. The van der Waals surface area contributed by atoms with E-state index in [-0.39, 0.29) is 24.3 Å². The van der Waals surface area contributed by atoms with Crippen molar-refractivity contribution in [1.82, 2.24) is 24.6 Å². The number of pyridine rings is 1. The smallest absolute Gasteiger partial charge is 0.416 e. The molecular formula is C35H42F3N5O4. The zero-order valence-corrected chi connectivity index (χ0v) is 27.8. The number of carboxylic acids is 1. The Morgan fingerprint density at radius 2 is 1.74 bits per heavy atom. The summed E-state index contributed by atoms with van der Waals surface area (Å²) in [7, 11) is 5.19. The average Bonchev–Trinajstić information content (AvgIpc) is 3.33. The van der Waals surface area contributed by atoms with Crippen LogP contribution in [0, 0.1) is 19.8 Å². The molecule has 0 saturated heterocycles. The number of halogens is 3. The molecule has 4 aromatic rings. The summed E-state index contributed by atoms with van der Waals surface area (Å²) in [6.45, 7) is 7.93. The zero-order chi connectivity index (χ0) is 34.8. The van der Waals surface area contributed by atoms with Crippen LogP contribution >= 0.6 is 0 Å². The predicted octanol–water partition coefficient (Wildman–Crippen LogP) is 6.06. The van der Waals surface area contributed by atoms with Gasteiger partial charge < -0.3 is 19.9 Å². The van der Waals surface area contributed by atoms with Gasteiger partial charge in [-0.1, -0.05) is 32.0 Å². The fraction of sp³-hybridized carbons (Fsp3) is 0.429. The van der Waals surface area contributed by atoms with Crippen LogP contribution in [0.1, 0.15) is 66.6 Å². The Balaban J connectivity index is 1.85. The Morgan fingerprint density at radius 1 is 1.09 bits per heavy atom. The van der Waals surface area contributed by atoms with Gasteiger partial charge in [-0.25, -0.2) is 0 Å². The van der Waals surface area contributed by atoms with Crippen molar-refractivity contribution in [2.75, 3.05) is 20.6 Å². The minimum atomic E-state index is -4.75. The number of nitrogens with one attached hydrogen (secondary N) is 1. The molecule has 12 heteroatoms. The first kappa shape index (κ1) is 35.4. The Labute approximate surface area is 272 Å². The van der Waals surface area contributed by atoms with Crippen molar-refractivity contribution >= 4 is 22.8 Å². The van der Waals surface area contributed by atoms with E-state index in [0.717, 1.165) is 38.4 Å². The molecular weight excluding hydrogens is 611 g/mol. The number of rotatable bonds is 12. The molecule has 47 heavy (non-hydrogen) atoms. The van der Waals surface area contributed by atoms with E-state index in [4.69, 9.17) is 0 Å². The van der Waals surface area contributed by atoms with Crippen LogP contribution in [0.5, 0.6) is 0 Å². The molecule has 0 saturated carbocycles. The zero-order valence-electron chi connectivity index (χ0n) is 27.8. The standard InChI is InChI=1S/C35H42F3N5O4/c1-20(2)13-29(43-19-23(11-12-41(5)6)27(16-30(43)44)35(36,37)38)34(47)40-28(17-31(45)46)26-15-24(14-25-18-39-42(7)33(25)26)32-21(3)9-8-10-22(32)4/h8-10,14-16,18-20,28-29H,11-13,17H2,1-7H3,(H,40,47)(H,45,46)/t28-,29-/m0/s1. The number of alkyl halides is 3. The number of nitrogens with zero attached hydrogens (tertiary/aromatic N) is 4. The van der Waals surface area contributed by atoms with Gasteiger partial charge in [0.05, 0.1) is 29.7 Å². The molecule has 0 aliphatic carbocycles. The maximum atomic E-state index is 14.2. The SMILES string of the molecule is Cc1cccc(C)c1-c1cc([C@H](CC(=O)O)NC(=O)[C@H](CC(C)C)n2cc(CCN(C)C)c(C(F)(F)F)cc2=O)c2c(cnn2C)c1. The lowest BCUT2D eigenvalue weighted by Crippen LogP contribution is -2.40. The van der Waals surface area contributed by atoms with Crippen LogP contribution in [0.25, 0.3) is 22.0 Å². The maximum Gasteiger partial charge on any atom is 0.416 e. The number of carbonyl (C=O) groups excluding carboxylic acids is 1. The quantitative estimate of drug-likeness (QED) is 0.192. The van der Waals surface area contributed by atoms with Crippen molar-refractivity contribution in [3.63, 3.8) is 0 Å². The number of amides is 1. The molecule has 2 heterocycles. The summed E-state index contributed by atoms with van der Waals surface area (Å²) in [5.41, 5.74) is 2.87. The number of carbonyl (C=O) groups is 2. The topological polar surface area (TPSA) is 109 Å². The molecule has 0 aliphatic rings. The highest BCUT2D eigenvalue weighted by Crippen LogP contribution is 2.36. The number of likely N-dealkylation sites (N-methyl/N-ethyl adjacent to an activating group) is 1. The second kappa shape index (κ2) is 14.1. The molecule has 0 radical (unpaired) electrons. The summed E-state index contributed by atoms with van der Waals surface area (Å²) in [6, 6.07) is 8.06. The maximum absolute atomic E-state index is 14.2. The number of hydrogen-bond acceptors (Lipinski definition) is 5. The second-order valence-corrected chi connectivity index (χ2v) is 12.9. The first-order chi connectivity index (χ1) is 22.0. The van der Waals surface area contributed by atoms with Crippen LogP contribution in [0.15, 0.2) is 53.6 Å². The van der Waals surface area contributed by atoms with E-state index in [1.54, 1.807) is 36.9 Å². The highest BCUT2D eigenvalue weighted by atomic mass is 19.4.